The molecule has 1 fully saturated rings. The highest BCUT2D eigenvalue weighted by molar-refractivity contribution is 5.68. The predicted molar refractivity (Wildman–Crippen MR) is 57.6 cm³/mol. The molecule has 0 radical (unpaired) electrons. The van der Waals surface area contributed by atoms with Crippen LogP contribution in [-0.4, -0.2) is 40.3 Å². The molecular formula is C11H21NO3. The largest absolute Gasteiger partial charge is 0.444 e. The number of ether oxygens (including phenoxy) is 1. The van der Waals surface area contributed by atoms with Gasteiger partial charge in [-0.1, -0.05) is 0 Å². The molecule has 0 spiro atoms. The summed E-state index contributed by atoms with van der Waals surface area (Å²) >= 11 is 0. The molecule has 0 aromatic carbocycles. The van der Waals surface area contributed by atoms with Crippen LogP contribution in [0.1, 0.15) is 50.0 Å². The van der Waals surface area contributed by atoms with E-state index in [0.29, 0.717) is 0 Å². The summed E-state index contributed by atoms with van der Waals surface area (Å²) in [7, 11) is 0. The summed E-state index contributed by atoms with van der Waals surface area (Å²) in [6.07, 6.45) is -9.85. The molecule has 0 saturated carbocycles. The summed E-state index contributed by atoms with van der Waals surface area (Å²) in [4.78, 5) is 12.3. The zero-order valence-electron chi connectivity index (χ0n) is 16.3. The standard InChI is InChI=1S/C11H21NO3/c1-8-7-9(13)5-6-12(8)10(14)15-11(2,3)4/h8-9,13H,5-7H2,1-4H3/i5D2,6D2,7D2,8D. The van der Waals surface area contributed by atoms with Gasteiger partial charge in [-0.25, -0.2) is 4.79 Å². The summed E-state index contributed by atoms with van der Waals surface area (Å²) in [6.45, 7) is 2.27. The summed E-state index contributed by atoms with van der Waals surface area (Å²) in [5.41, 5.74) is -1.04. The van der Waals surface area contributed by atoms with Crippen LogP contribution in [0.25, 0.3) is 0 Å². The van der Waals surface area contributed by atoms with Gasteiger partial charge in [-0.05, 0) is 40.4 Å². The number of likely N-dealkylation sites (tertiary alicyclic amines) is 1. The average molecular weight is 222 g/mol. The van der Waals surface area contributed by atoms with Gasteiger partial charge in [0.05, 0.1) is 7.47 Å². The van der Waals surface area contributed by atoms with Crippen LogP contribution in [0.15, 0.2) is 0 Å². The normalized spacial score (nSPS) is 49.5. The number of carbonyl (C=O) groups excluding carboxylic acids is 1. The van der Waals surface area contributed by atoms with Crippen molar-refractivity contribution < 1.29 is 24.2 Å². The van der Waals surface area contributed by atoms with Crippen molar-refractivity contribution in [3.05, 3.63) is 0 Å². The Kier molecular flexibility index (Phi) is 1.62. The second-order valence-corrected chi connectivity index (χ2v) is 4.20. The number of hydrogen-bond acceptors (Lipinski definition) is 3. The predicted octanol–water partition coefficient (Wildman–Crippen LogP) is 1.77. The second-order valence-electron chi connectivity index (χ2n) is 4.20. The van der Waals surface area contributed by atoms with Crippen LogP contribution in [0.5, 0.6) is 0 Å². The first-order chi connectivity index (χ1) is 9.40. The molecule has 1 aliphatic rings. The molecule has 0 aliphatic carbocycles. The van der Waals surface area contributed by atoms with E-state index in [1.54, 1.807) is 0 Å². The van der Waals surface area contributed by atoms with Gasteiger partial charge in [0.1, 0.15) is 5.60 Å². The Bertz CT molecular complexity index is 445. The highest BCUT2D eigenvalue weighted by atomic mass is 16.6. The van der Waals surface area contributed by atoms with Crippen LogP contribution in [0, 0.1) is 0 Å². The van der Waals surface area contributed by atoms with Crippen LogP contribution in [-0.2, 0) is 4.74 Å². The van der Waals surface area contributed by atoms with E-state index in [2.05, 4.69) is 0 Å². The molecule has 0 aromatic heterocycles. The number of aliphatic hydroxyl groups excluding tert-OH is 1. The third-order valence-corrected chi connectivity index (χ3v) is 1.57. The zero-order valence-corrected chi connectivity index (χ0v) is 9.29. The molecule has 15 heavy (non-hydrogen) atoms. The Labute approximate surface area is 101 Å². The molecule has 1 amide bonds. The molecular weight excluding hydrogens is 194 g/mol. The lowest BCUT2D eigenvalue weighted by atomic mass is 10.0. The van der Waals surface area contributed by atoms with E-state index < -0.39 is 43.1 Å². The first kappa shape index (κ1) is 5.53. The second kappa shape index (κ2) is 4.39. The van der Waals surface area contributed by atoms with Crippen molar-refractivity contribution in [1.82, 2.24) is 4.90 Å². The molecule has 2 unspecified atom stereocenters. The van der Waals surface area contributed by atoms with E-state index in [0.717, 1.165) is 6.92 Å². The Hall–Kier alpha value is -0.770. The van der Waals surface area contributed by atoms with Crippen molar-refractivity contribution in [2.45, 2.75) is 58.2 Å². The van der Waals surface area contributed by atoms with Gasteiger partial charge >= 0.3 is 6.09 Å². The third kappa shape index (κ3) is 3.70. The van der Waals surface area contributed by atoms with Crippen molar-refractivity contribution in [2.75, 3.05) is 6.50 Å². The van der Waals surface area contributed by atoms with Gasteiger partial charge in [-0.3, -0.25) is 0 Å². The van der Waals surface area contributed by atoms with Crippen LogP contribution in [0.4, 0.5) is 4.79 Å². The first-order valence-corrected chi connectivity index (χ1v) is 4.62. The van der Waals surface area contributed by atoms with Crippen molar-refractivity contribution >= 4 is 6.09 Å². The molecule has 0 aromatic rings. The zero-order chi connectivity index (χ0) is 17.9. The first-order valence-electron chi connectivity index (χ1n) is 8.12. The highest BCUT2D eigenvalue weighted by Crippen LogP contribution is 2.20. The SMILES string of the molecule is [2H]C1([2H])C(O)C([2H])([2H])C([2H])(C)N(C(=O)OC(C)(C)C)C1([2H])[2H]. The lowest BCUT2D eigenvalue weighted by Gasteiger charge is -2.36. The number of hydrogen-bond donors (Lipinski definition) is 1. The maximum atomic E-state index is 12.3. The third-order valence-electron chi connectivity index (χ3n) is 1.57. The van der Waals surface area contributed by atoms with Crippen LogP contribution < -0.4 is 0 Å². The van der Waals surface area contributed by atoms with E-state index >= 15 is 0 Å². The fourth-order valence-corrected chi connectivity index (χ4v) is 0.998. The Morgan fingerprint density at radius 2 is 2.27 bits per heavy atom. The Morgan fingerprint density at radius 1 is 1.67 bits per heavy atom. The molecule has 2 atom stereocenters. The number of piperidine rings is 1. The van der Waals surface area contributed by atoms with E-state index in [4.69, 9.17) is 14.3 Å². The molecule has 1 heterocycles. The fraction of sp³-hybridized carbons (Fsp3) is 0.909. The summed E-state index contributed by atoms with van der Waals surface area (Å²) in [6, 6.07) is -2.58. The van der Waals surface area contributed by atoms with Gasteiger partial charge in [0.25, 0.3) is 0 Å². The molecule has 1 N–H and O–H groups in total. The molecule has 4 heteroatoms. The minimum atomic E-state index is -3.14. The Morgan fingerprint density at radius 3 is 2.80 bits per heavy atom. The van der Waals surface area contributed by atoms with E-state index in [1.807, 2.05) is 0 Å². The van der Waals surface area contributed by atoms with Crippen LogP contribution in [0.2, 0.25) is 0 Å². The highest BCUT2D eigenvalue weighted by Gasteiger charge is 2.30. The van der Waals surface area contributed by atoms with Crippen LogP contribution >= 0.6 is 0 Å². The summed E-state index contributed by atoms with van der Waals surface area (Å²) in [5.74, 6) is 0. The number of amides is 1. The topological polar surface area (TPSA) is 49.8 Å². The lowest BCUT2D eigenvalue weighted by molar-refractivity contribution is -0.00456. The number of nitrogens with zero attached hydrogens (tertiary/aromatic N) is 1. The molecule has 1 saturated heterocycles. The van der Waals surface area contributed by atoms with Crippen molar-refractivity contribution in [1.29, 1.82) is 0 Å². The monoisotopic (exact) mass is 222 g/mol. The number of aliphatic hydroxyl groups is 1. The van der Waals surface area contributed by atoms with Crippen LogP contribution in [0.3, 0.4) is 0 Å². The molecule has 88 valence electrons. The molecule has 0 bridgehead atoms. The fourth-order valence-electron chi connectivity index (χ4n) is 0.998. The van der Waals surface area contributed by atoms with E-state index in [9.17, 15) is 9.90 Å². The maximum Gasteiger partial charge on any atom is 0.410 e. The minimum Gasteiger partial charge on any atom is -0.444 e. The van der Waals surface area contributed by atoms with Gasteiger partial charge < -0.3 is 14.7 Å². The van der Waals surface area contributed by atoms with Crippen molar-refractivity contribution in [3.8, 4) is 0 Å². The lowest BCUT2D eigenvalue weighted by Crippen LogP contribution is -2.47. The summed E-state index contributed by atoms with van der Waals surface area (Å²) in [5, 5.41) is 9.88. The molecule has 1 rings (SSSR count). The van der Waals surface area contributed by atoms with Crippen molar-refractivity contribution in [3.63, 3.8) is 0 Å². The maximum absolute atomic E-state index is 12.3. The quantitative estimate of drug-likeness (QED) is 0.679. The minimum absolute atomic E-state index is 0.0813. The van der Waals surface area contributed by atoms with Crippen molar-refractivity contribution in [2.24, 2.45) is 0 Å². The van der Waals surface area contributed by atoms with Gasteiger partial charge in [-0.15, -0.1) is 0 Å². The van der Waals surface area contributed by atoms with Gasteiger partial charge in [0.2, 0.25) is 0 Å². The smallest absolute Gasteiger partial charge is 0.410 e. The molecule has 4 nitrogen and oxygen atoms in total. The number of rotatable bonds is 0. The average Bonchev–Trinajstić information content (AvgIpc) is 2.22. The Balaban J connectivity index is 3.48. The van der Waals surface area contributed by atoms with Gasteiger partial charge in [0.15, 0.2) is 0 Å². The van der Waals surface area contributed by atoms with E-state index in [1.165, 1.54) is 20.8 Å². The molecule has 1 aliphatic heterocycles. The number of carbonyl (C=O) groups is 1. The van der Waals surface area contributed by atoms with Gasteiger partial charge in [0, 0.05) is 20.7 Å². The van der Waals surface area contributed by atoms with Gasteiger partial charge in [-0.2, -0.15) is 0 Å². The van der Waals surface area contributed by atoms with E-state index in [-0.39, 0.29) is 4.90 Å². The summed E-state index contributed by atoms with van der Waals surface area (Å²) < 4.78 is 59.7.